The van der Waals surface area contributed by atoms with Crippen molar-refractivity contribution < 1.29 is 19.4 Å². The van der Waals surface area contributed by atoms with E-state index in [1.807, 2.05) is 41.2 Å². The Morgan fingerprint density at radius 1 is 0.911 bits per heavy atom. The molecule has 1 unspecified atom stereocenters. The fourth-order valence-electron chi connectivity index (χ4n) is 8.17. The lowest BCUT2D eigenvalue weighted by Crippen LogP contribution is -2.38. The third-order valence-corrected chi connectivity index (χ3v) is 11.2. The molecule has 56 heavy (non-hydrogen) atoms. The first-order chi connectivity index (χ1) is 27.1. The highest BCUT2D eigenvalue weighted by atomic mass is 16.5. The lowest BCUT2D eigenvalue weighted by atomic mass is 9.85. The molecule has 2 amide bonds. The van der Waals surface area contributed by atoms with E-state index in [0.717, 1.165) is 91.7 Å². The van der Waals surface area contributed by atoms with Gasteiger partial charge in [0.05, 0.1) is 23.6 Å². The van der Waals surface area contributed by atoms with E-state index in [0.29, 0.717) is 11.9 Å². The number of aromatic nitrogens is 5. The molecule has 0 saturated carbocycles. The molecule has 1 aliphatic carbocycles. The zero-order chi connectivity index (χ0) is 39.2. The number of carboxylic acid groups (broad SMARTS) is 1. The first-order valence-corrected chi connectivity index (χ1v) is 20.1. The van der Waals surface area contributed by atoms with Crippen molar-refractivity contribution >= 4 is 29.9 Å². The Kier molecular flexibility index (Phi) is 11.9. The molecule has 8 rings (SSSR count). The van der Waals surface area contributed by atoms with Crippen LogP contribution in [-0.4, -0.2) is 72.6 Å². The minimum absolute atomic E-state index is 0.146. The zero-order valence-electron chi connectivity index (χ0n) is 33.0. The fourth-order valence-corrected chi connectivity index (χ4v) is 8.17. The first kappa shape index (κ1) is 38.8. The first-order valence-electron chi connectivity index (χ1n) is 20.1. The van der Waals surface area contributed by atoms with E-state index >= 15 is 0 Å². The summed E-state index contributed by atoms with van der Waals surface area (Å²) in [4.78, 5) is 27.0. The molecule has 0 bridgehead atoms. The number of nitrogens with one attached hydrogen (secondary N) is 2. The molecule has 2 fully saturated rings. The van der Waals surface area contributed by atoms with Crippen molar-refractivity contribution in [2.45, 2.75) is 109 Å². The predicted molar refractivity (Wildman–Crippen MR) is 218 cm³/mol. The molecule has 13 heteroatoms. The minimum atomic E-state index is -0.259. The number of rotatable bonds is 8. The molecule has 5 heterocycles. The molecule has 3 aromatic heterocycles. The van der Waals surface area contributed by atoms with Crippen molar-refractivity contribution in [2.24, 2.45) is 0 Å². The van der Waals surface area contributed by atoms with Crippen LogP contribution in [0.25, 0.3) is 11.3 Å². The van der Waals surface area contributed by atoms with Crippen LogP contribution in [0.15, 0.2) is 72.9 Å². The van der Waals surface area contributed by atoms with Gasteiger partial charge in [0, 0.05) is 30.6 Å². The molecule has 3 N–H and O–H groups in total. The smallest absolute Gasteiger partial charge is 0.320 e. The molecule has 2 saturated heterocycles. The van der Waals surface area contributed by atoms with Crippen LogP contribution in [0.5, 0.6) is 5.75 Å². The maximum Gasteiger partial charge on any atom is 0.320 e. The van der Waals surface area contributed by atoms with Crippen molar-refractivity contribution in [2.75, 3.05) is 29.9 Å². The summed E-state index contributed by atoms with van der Waals surface area (Å²) in [7, 11) is 0. The van der Waals surface area contributed by atoms with Gasteiger partial charge in [0.25, 0.3) is 6.47 Å². The summed E-state index contributed by atoms with van der Waals surface area (Å²) >= 11 is 0. The number of benzene rings is 2. The van der Waals surface area contributed by atoms with Gasteiger partial charge in [0.2, 0.25) is 5.95 Å². The molecule has 2 aromatic carbocycles. The van der Waals surface area contributed by atoms with Crippen molar-refractivity contribution in [3.05, 3.63) is 95.3 Å². The number of urea groups is 1. The van der Waals surface area contributed by atoms with E-state index in [4.69, 9.17) is 19.7 Å². The Bertz CT molecular complexity index is 2100. The largest absolute Gasteiger partial charge is 0.484 e. The summed E-state index contributed by atoms with van der Waals surface area (Å²) in [5, 5.41) is 27.3. The number of piperidine rings is 2. The van der Waals surface area contributed by atoms with E-state index in [2.05, 4.69) is 99.1 Å². The van der Waals surface area contributed by atoms with Gasteiger partial charge in [-0.3, -0.25) is 19.4 Å². The molecule has 0 spiro atoms. The van der Waals surface area contributed by atoms with Crippen LogP contribution in [0.4, 0.5) is 16.6 Å². The summed E-state index contributed by atoms with van der Waals surface area (Å²) in [6, 6.07) is 22.8. The number of fused-ring (bicyclic) bond motifs is 2. The van der Waals surface area contributed by atoms with Gasteiger partial charge in [-0.05, 0) is 106 Å². The highest BCUT2D eigenvalue weighted by Gasteiger charge is 2.31. The minimum Gasteiger partial charge on any atom is -0.484 e. The number of ether oxygens (including phenoxy) is 1. The molecular formula is C43H55N9O4. The van der Waals surface area contributed by atoms with Crippen molar-refractivity contribution in [1.82, 2.24) is 34.6 Å². The van der Waals surface area contributed by atoms with Gasteiger partial charge in [-0.15, -0.1) is 10.2 Å². The van der Waals surface area contributed by atoms with Crippen LogP contribution in [0.1, 0.15) is 114 Å². The summed E-state index contributed by atoms with van der Waals surface area (Å²) < 4.78 is 10.6. The highest BCUT2D eigenvalue weighted by Crippen LogP contribution is 2.39. The molecule has 2 aliphatic heterocycles. The standard InChI is InChI=1S/C42H53N9O2.CH2O2/c1-29-12-8-11-25-49(29)41-46-45-38-22-19-32(28-50(38)41)53-36-21-20-35(33-13-6-7-14-34(33)36)43-40(52)44-39-26-37(42(2,3)4)47-51(39)31-17-15-30(16-18-31)27-48-23-9-5-10-24-48;2-1-3/h6-7,13-19,22,26,28-29,35-36H,5,8-12,20-21,23-25,27H2,1-4H3,(H2,43,44,52);1H,(H,2,3)/t29?,35-,36+;/m0./s1. The van der Waals surface area contributed by atoms with Crippen LogP contribution in [0.3, 0.4) is 0 Å². The van der Waals surface area contributed by atoms with Gasteiger partial charge in [-0.25, -0.2) is 9.48 Å². The van der Waals surface area contributed by atoms with Gasteiger partial charge < -0.3 is 20.1 Å². The molecular weight excluding hydrogens is 707 g/mol. The van der Waals surface area contributed by atoms with Crippen LogP contribution in [0.2, 0.25) is 0 Å². The number of carbonyl (C=O) groups excluding carboxylic acids is 1. The van der Waals surface area contributed by atoms with E-state index in [-0.39, 0.29) is 30.1 Å². The van der Waals surface area contributed by atoms with Gasteiger partial charge in [0.15, 0.2) is 5.65 Å². The average Bonchev–Trinajstić information content (AvgIpc) is 3.82. The van der Waals surface area contributed by atoms with Crippen molar-refractivity contribution in [1.29, 1.82) is 0 Å². The number of hydrogen-bond acceptors (Lipinski definition) is 8. The summed E-state index contributed by atoms with van der Waals surface area (Å²) in [6.07, 6.45) is 10.8. The Morgan fingerprint density at radius 3 is 2.38 bits per heavy atom. The van der Waals surface area contributed by atoms with E-state index in [9.17, 15) is 4.79 Å². The second kappa shape index (κ2) is 17.2. The average molecular weight is 762 g/mol. The maximum atomic E-state index is 13.7. The number of likely N-dealkylation sites (tertiary alicyclic amines) is 1. The highest BCUT2D eigenvalue weighted by molar-refractivity contribution is 5.89. The lowest BCUT2D eigenvalue weighted by molar-refractivity contribution is -0.122. The van der Waals surface area contributed by atoms with Gasteiger partial charge in [-0.1, -0.05) is 63.6 Å². The topological polar surface area (TPSA) is 142 Å². The predicted octanol–water partition coefficient (Wildman–Crippen LogP) is 8.05. The van der Waals surface area contributed by atoms with E-state index in [1.165, 1.54) is 31.2 Å². The summed E-state index contributed by atoms with van der Waals surface area (Å²) in [5.74, 6) is 2.29. The third kappa shape index (κ3) is 8.83. The number of nitrogens with zero attached hydrogens (tertiary/aromatic N) is 7. The number of anilines is 2. The SMILES string of the molecule is CC1CCCCN1c1nnc2ccc(O[C@@H]3CC[C@H](NC(=O)Nc4cc(C(C)(C)C)nn4-c4ccc(CN5CCCCC5)cc4)c4ccccc43)cn12.O=CO. The van der Waals surface area contributed by atoms with Gasteiger partial charge in [0.1, 0.15) is 17.7 Å². The molecule has 3 atom stereocenters. The second-order valence-electron chi connectivity index (χ2n) is 16.3. The van der Waals surface area contributed by atoms with Crippen molar-refractivity contribution in [3.63, 3.8) is 0 Å². The van der Waals surface area contributed by atoms with Gasteiger partial charge in [-0.2, -0.15) is 5.10 Å². The fraction of sp³-hybridized carbons (Fsp3) is 0.465. The number of amides is 2. The third-order valence-electron chi connectivity index (χ3n) is 11.2. The monoisotopic (exact) mass is 761 g/mol. The quantitative estimate of drug-likeness (QED) is 0.134. The van der Waals surface area contributed by atoms with E-state index < -0.39 is 0 Å². The maximum absolute atomic E-state index is 13.7. The summed E-state index contributed by atoms with van der Waals surface area (Å²) in [5.41, 5.74) is 5.91. The Morgan fingerprint density at radius 2 is 1.64 bits per heavy atom. The normalized spacial score (nSPS) is 20.1. The van der Waals surface area contributed by atoms with Crippen LogP contribution < -0.4 is 20.3 Å². The van der Waals surface area contributed by atoms with Gasteiger partial charge >= 0.3 is 6.03 Å². The van der Waals surface area contributed by atoms with Crippen LogP contribution >= 0.6 is 0 Å². The number of pyridine rings is 1. The van der Waals surface area contributed by atoms with E-state index in [1.54, 1.807) is 0 Å². The number of carbonyl (C=O) groups is 2. The molecule has 5 aromatic rings. The van der Waals surface area contributed by atoms with Crippen LogP contribution in [0, 0.1) is 0 Å². The second-order valence-corrected chi connectivity index (χ2v) is 16.3. The van der Waals surface area contributed by atoms with Crippen molar-refractivity contribution in [3.8, 4) is 11.4 Å². The molecule has 13 nitrogen and oxygen atoms in total. The van der Waals surface area contributed by atoms with Crippen LogP contribution in [-0.2, 0) is 16.8 Å². The Hall–Kier alpha value is -5.43. The molecule has 3 aliphatic rings. The Labute approximate surface area is 329 Å². The number of hydrogen-bond donors (Lipinski definition) is 3. The lowest BCUT2D eigenvalue weighted by Gasteiger charge is -2.33. The summed E-state index contributed by atoms with van der Waals surface area (Å²) in [6.45, 7) is 12.7. The zero-order valence-corrected chi connectivity index (χ0v) is 33.0. The Balaban J connectivity index is 0.00000155. The molecule has 296 valence electrons. The molecule has 0 radical (unpaired) electrons.